The largest absolute Gasteiger partial charge is 0.370 e. The van der Waals surface area contributed by atoms with E-state index < -0.39 is 11.3 Å². The highest BCUT2D eigenvalue weighted by Crippen LogP contribution is 2.43. The Balaban J connectivity index is 2.55. The number of hydrogen-bond donors (Lipinski definition) is 2. The number of allylic oxidation sites excluding steroid dienone is 1. The first-order valence-corrected chi connectivity index (χ1v) is 5.79. The SMILES string of the molecule is C=C(C)CC1(CC(N)=O)C(=O)Nc2ccccc21. The predicted octanol–water partition coefficient (Wildman–Crippen LogP) is 1.72. The van der Waals surface area contributed by atoms with E-state index in [1.54, 1.807) is 0 Å². The Bertz CT molecular complexity index is 518. The van der Waals surface area contributed by atoms with E-state index >= 15 is 0 Å². The van der Waals surface area contributed by atoms with Gasteiger partial charge < -0.3 is 11.1 Å². The maximum absolute atomic E-state index is 12.3. The number of amides is 2. The van der Waals surface area contributed by atoms with E-state index in [0.717, 1.165) is 16.8 Å². The first-order valence-electron chi connectivity index (χ1n) is 5.79. The van der Waals surface area contributed by atoms with Crippen molar-refractivity contribution in [1.82, 2.24) is 0 Å². The van der Waals surface area contributed by atoms with Gasteiger partial charge in [-0.2, -0.15) is 0 Å². The molecule has 0 saturated heterocycles. The molecule has 4 heteroatoms. The van der Waals surface area contributed by atoms with Gasteiger partial charge in [-0.05, 0) is 25.0 Å². The highest BCUT2D eigenvalue weighted by Gasteiger charge is 2.47. The maximum Gasteiger partial charge on any atom is 0.235 e. The van der Waals surface area contributed by atoms with Crippen LogP contribution in [0.3, 0.4) is 0 Å². The molecule has 1 aromatic carbocycles. The minimum atomic E-state index is -0.895. The first kappa shape index (κ1) is 12.4. The van der Waals surface area contributed by atoms with Crippen LogP contribution in [0.2, 0.25) is 0 Å². The summed E-state index contributed by atoms with van der Waals surface area (Å²) in [5, 5.41) is 2.81. The van der Waals surface area contributed by atoms with Crippen molar-refractivity contribution in [3.8, 4) is 0 Å². The molecule has 1 atom stereocenters. The Labute approximate surface area is 106 Å². The summed E-state index contributed by atoms with van der Waals surface area (Å²) in [6, 6.07) is 7.39. The Kier molecular flexibility index (Phi) is 2.95. The van der Waals surface area contributed by atoms with E-state index in [1.165, 1.54) is 0 Å². The molecule has 0 radical (unpaired) electrons. The molecular formula is C14H16N2O2. The second kappa shape index (κ2) is 4.29. The van der Waals surface area contributed by atoms with Gasteiger partial charge in [0.05, 0.1) is 5.41 Å². The van der Waals surface area contributed by atoms with Gasteiger partial charge in [0.1, 0.15) is 0 Å². The van der Waals surface area contributed by atoms with Crippen LogP contribution in [0, 0.1) is 0 Å². The Hall–Kier alpha value is -2.10. The molecule has 1 unspecified atom stereocenters. The van der Waals surface area contributed by atoms with Crippen LogP contribution in [0.25, 0.3) is 0 Å². The summed E-state index contributed by atoms with van der Waals surface area (Å²) < 4.78 is 0. The average Bonchev–Trinajstić information content (AvgIpc) is 2.51. The molecule has 0 saturated carbocycles. The van der Waals surface area contributed by atoms with Crippen LogP contribution in [0.15, 0.2) is 36.4 Å². The third-order valence-corrected chi connectivity index (χ3v) is 3.21. The number of hydrogen-bond acceptors (Lipinski definition) is 2. The second-order valence-electron chi connectivity index (χ2n) is 4.86. The number of rotatable bonds is 4. The number of para-hydroxylation sites is 1. The van der Waals surface area contributed by atoms with Gasteiger partial charge in [-0.15, -0.1) is 6.58 Å². The van der Waals surface area contributed by atoms with Crippen LogP contribution < -0.4 is 11.1 Å². The molecule has 18 heavy (non-hydrogen) atoms. The summed E-state index contributed by atoms with van der Waals surface area (Å²) >= 11 is 0. The molecule has 1 aliphatic rings. The number of fused-ring (bicyclic) bond motifs is 1. The molecule has 1 heterocycles. The fourth-order valence-corrected chi connectivity index (χ4v) is 2.60. The third kappa shape index (κ3) is 1.90. The van der Waals surface area contributed by atoms with E-state index in [9.17, 15) is 9.59 Å². The number of nitrogens with two attached hydrogens (primary N) is 1. The van der Waals surface area contributed by atoms with Gasteiger partial charge >= 0.3 is 0 Å². The van der Waals surface area contributed by atoms with Crippen molar-refractivity contribution in [1.29, 1.82) is 0 Å². The summed E-state index contributed by atoms with van der Waals surface area (Å²) in [7, 11) is 0. The molecule has 2 rings (SSSR count). The lowest BCUT2D eigenvalue weighted by atomic mass is 9.74. The predicted molar refractivity (Wildman–Crippen MR) is 70.0 cm³/mol. The highest BCUT2D eigenvalue weighted by molar-refractivity contribution is 6.08. The Morgan fingerprint density at radius 1 is 1.39 bits per heavy atom. The molecule has 0 fully saturated rings. The normalized spacial score (nSPS) is 21.3. The van der Waals surface area contributed by atoms with Crippen molar-refractivity contribution < 1.29 is 9.59 Å². The number of anilines is 1. The van der Waals surface area contributed by atoms with Crippen LogP contribution in [0.1, 0.15) is 25.3 Å². The lowest BCUT2D eigenvalue weighted by molar-refractivity contribution is -0.126. The van der Waals surface area contributed by atoms with Crippen LogP contribution in [0.4, 0.5) is 5.69 Å². The Morgan fingerprint density at radius 3 is 2.67 bits per heavy atom. The summed E-state index contributed by atoms with van der Waals surface area (Å²) in [4.78, 5) is 23.6. The first-order chi connectivity index (χ1) is 8.45. The molecule has 0 aliphatic carbocycles. The van der Waals surface area contributed by atoms with E-state index in [1.807, 2.05) is 31.2 Å². The monoisotopic (exact) mass is 244 g/mol. The lowest BCUT2D eigenvalue weighted by Crippen LogP contribution is -2.38. The van der Waals surface area contributed by atoms with Gasteiger partial charge in [0.25, 0.3) is 0 Å². The zero-order valence-electron chi connectivity index (χ0n) is 10.3. The molecule has 0 spiro atoms. The minimum absolute atomic E-state index is 0.00269. The van der Waals surface area contributed by atoms with Crippen LogP contribution in [-0.2, 0) is 15.0 Å². The molecule has 0 bridgehead atoms. The van der Waals surface area contributed by atoms with Gasteiger partial charge in [0, 0.05) is 12.1 Å². The van der Waals surface area contributed by atoms with Gasteiger partial charge in [-0.25, -0.2) is 0 Å². The van der Waals surface area contributed by atoms with E-state index in [4.69, 9.17) is 5.73 Å². The van der Waals surface area contributed by atoms with E-state index in [2.05, 4.69) is 11.9 Å². The number of carbonyl (C=O) groups is 2. The minimum Gasteiger partial charge on any atom is -0.370 e. The van der Waals surface area contributed by atoms with Crippen LogP contribution in [0.5, 0.6) is 0 Å². The van der Waals surface area contributed by atoms with E-state index in [-0.39, 0.29) is 12.3 Å². The molecule has 4 nitrogen and oxygen atoms in total. The number of primary amides is 1. The molecular weight excluding hydrogens is 228 g/mol. The maximum atomic E-state index is 12.3. The van der Waals surface area contributed by atoms with Crippen molar-refractivity contribution in [2.45, 2.75) is 25.2 Å². The second-order valence-corrected chi connectivity index (χ2v) is 4.86. The fourth-order valence-electron chi connectivity index (χ4n) is 2.60. The summed E-state index contributed by atoms with van der Waals surface area (Å²) in [5.74, 6) is -0.659. The average molecular weight is 244 g/mol. The Morgan fingerprint density at radius 2 is 2.06 bits per heavy atom. The van der Waals surface area contributed by atoms with Crippen molar-refractivity contribution in [2.24, 2.45) is 5.73 Å². The van der Waals surface area contributed by atoms with Gasteiger partial charge in [0.15, 0.2) is 0 Å². The van der Waals surface area contributed by atoms with Crippen molar-refractivity contribution in [3.63, 3.8) is 0 Å². The molecule has 2 amide bonds. The highest BCUT2D eigenvalue weighted by atomic mass is 16.2. The van der Waals surface area contributed by atoms with Crippen LogP contribution in [-0.4, -0.2) is 11.8 Å². The number of benzene rings is 1. The standard InChI is InChI=1S/C14H16N2O2/c1-9(2)7-14(8-12(15)17)10-5-3-4-6-11(10)16-13(14)18/h3-6H,1,7-8H2,2H3,(H2,15,17)(H,16,18). The van der Waals surface area contributed by atoms with Crippen molar-refractivity contribution >= 4 is 17.5 Å². The van der Waals surface area contributed by atoms with E-state index in [0.29, 0.717) is 6.42 Å². The quantitative estimate of drug-likeness (QED) is 0.791. The topological polar surface area (TPSA) is 72.2 Å². The zero-order valence-corrected chi connectivity index (χ0v) is 10.3. The van der Waals surface area contributed by atoms with Crippen molar-refractivity contribution in [3.05, 3.63) is 42.0 Å². The molecule has 1 aromatic rings. The van der Waals surface area contributed by atoms with Crippen LogP contribution >= 0.6 is 0 Å². The molecule has 0 aromatic heterocycles. The zero-order chi connectivity index (χ0) is 13.3. The molecule has 94 valence electrons. The van der Waals surface area contributed by atoms with Gasteiger partial charge in [0.2, 0.25) is 11.8 Å². The number of carbonyl (C=O) groups excluding carboxylic acids is 2. The van der Waals surface area contributed by atoms with Gasteiger partial charge in [-0.3, -0.25) is 9.59 Å². The molecule has 3 N–H and O–H groups in total. The third-order valence-electron chi connectivity index (χ3n) is 3.21. The summed E-state index contributed by atoms with van der Waals surface area (Å²) in [6.07, 6.45) is 0.432. The lowest BCUT2D eigenvalue weighted by Gasteiger charge is -2.26. The van der Waals surface area contributed by atoms with Gasteiger partial charge in [-0.1, -0.05) is 23.8 Å². The summed E-state index contributed by atoms with van der Waals surface area (Å²) in [6.45, 7) is 5.69. The smallest absolute Gasteiger partial charge is 0.235 e. The van der Waals surface area contributed by atoms with Crippen molar-refractivity contribution in [2.75, 3.05) is 5.32 Å². The number of nitrogens with one attached hydrogen (secondary N) is 1. The fraction of sp³-hybridized carbons (Fsp3) is 0.286. The molecule has 1 aliphatic heterocycles. The summed E-state index contributed by atoms with van der Waals surface area (Å²) in [5.41, 5.74) is 6.84.